The number of hydrogen-bond acceptors (Lipinski definition) is 4. The van der Waals surface area contributed by atoms with Gasteiger partial charge in [0.2, 0.25) is 0 Å². The standard InChI is InChI=1S/C17H16F3N3O2S/c1-9-21-13(8-14(24)22-9)16(25)23-15(10-2-3-10)11-4-6-12(7-5-11)26-17(18,19)20/h4-8,10,15H,2-3H2,1H3,(H,23,25)(H,21,22,24)/t15-/m1/s1. The number of nitrogens with one attached hydrogen (secondary N) is 2. The van der Waals surface area contributed by atoms with Gasteiger partial charge in [0.1, 0.15) is 11.5 Å². The van der Waals surface area contributed by atoms with Crippen molar-refractivity contribution in [3.05, 3.63) is 57.8 Å². The maximum Gasteiger partial charge on any atom is 0.446 e. The number of aromatic nitrogens is 2. The van der Waals surface area contributed by atoms with Crippen LogP contribution in [0.3, 0.4) is 0 Å². The number of nitrogens with zero attached hydrogens (tertiary/aromatic N) is 1. The third-order valence-corrected chi connectivity index (χ3v) is 4.68. The van der Waals surface area contributed by atoms with E-state index in [9.17, 15) is 22.8 Å². The van der Waals surface area contributed by atoms with Gasteiger partial charge in [-0.05, 0) is 55.1 Å². The van der Waals surface area contributed by atoms with Gasteiger partial charge >= 0.3 is 5.51 Å². The minimum absolute atomic E-state index is 0.0150. The molecule has 0 aliphatic heterocycles. The lowest BCUT2D eigenvalue weighted by Gasteiger charge is -2.19. The Labute approximate surface area is 151 Å². The molecule has 1 fully saturated rings. The maximum absolute atomic E-state index is 12.4. The minimum Gasteiger partial charge on any atom is -0.344 e. The van der Waals surface area contributed by atoms with E-state index in [1.165, 1.54) is 12.1 Å². The van der Waals surface area contributed by atoms with Crippen LogP contribution in [0.5, 0.6) is 0 Å². The molecule has 0 bridgehead atoms. The highest BCUT2D eigenvalue weighted by atomic mass is 32.2. The molecule has 0 spiro atoms. The van der Waals surface area contributed by atoms with E-state index in [-0.39, 0.29) is 34.3 Å². The van der Waals surface area contributed by atoms with Gasteiger partial charge in [-0.3, -0.25) is 9.59 Å². The summed E-state index contributed by atoms with van der Waals surface area (Å²) in [5.74, 6) is 0.0761. The Morgan fingerprint density at radius 3 is 2.50 bits per heavy atom. The average molecular weight is 383 g/mol. The summed E-state index contributed by atoms with van der Waals surface area (Å²) >= 11 is -0.176. The topological polar surface area (TPSA) is 74.8 Å². The van der Waals surface area contributed by atoms with Crippen LogP contribution in [0.2, 0.25) is 0 Å². The molecule has 1 aliphatic carbocycles. The largest absolute Gasteiger partial charge is 0.446 e. The van der Waals surface area contributed by atoms with Crippen molar-refractivity contribution in [1.29, 1.82) is 0 Å². The van der Waals surface area contributed by atoms with Crippen molar-refractivity contribution in [2.75, 3.05) is 0 Å². The van der Waals surface area contributed by atoms with Crippen LogP contribution in [0.4, 0.5) is 13.2 Å². The predicted molar refractivity (Wildman–Crippen MR) is 90.9 cm³/mol. The van der Waals surface area contributed by atoms with Gasteiger partial charge in [0, 0.05) is 11.0 Å². The molecule has 3 rings (SSSR count). The molecule has 0 unspecified atom stereocenters. The monoisotopic (exact) mass is 383 g/mol. The molecule has 1 aromatic heterocycles. The highest BCUT2D eigenvalue weighted by molar-refractivity contribution is 8.00. The summed E-state index contributed by atoms with van der Waals surface area (Å²) in [6, 6.07) is 6.76. The van der Waals surface area contributed by atoms with Gasteiger partial charge in [0.05, 0.1) is 6.04 Å². The number of hydrogen-bond donors (Lipinski definition) is 2. The van der Waals surface area contributed by atoms with Crippen molar-refractivity contribution in [3.8, 4) is 0 Å². The van der Waals surface area contributed by atoms with Crippen molar-refractivity contribution in [2.24, 2.45) is 5.92 Å². The lowest BCUT2D eigenvalue weighted by Crippen LogP contribution is -2.31. The SMILES string of the molecule is Cc1nc(C(=O)N[C@@H](c2ccc(SC(F)(F)F)cc2)C2CC2)cc(=O)[nH]1. The molecule has 138 valence electrons. The highest BCUT2D eigenvalue weighted by Gasteiger charge is 2.34. The number of carbonyl (C=O) groups is 1. The molecule has 2 aromatic rings. The van der Waals surface area contributed by atoms with E-state index in [0.717, 1.165) is 24.5 Å². The van der Waals surface area contributed by atoms with Crippen LogP contribution in [-0.2, 0) is 0 Å². The predicted octanol–water partition coefficient (Wildman–Crippen LogP) is 3.57. The molecular weight excluding hydrogens is 367 g/mol. The second kappa shape index (κ2) is 7.14. The van der Waals surface area contributed by atoms with E-state index in [0.29, 0.717) is 5.82 Å². The van der Waals surface area contributed by atoms with Crippen molar-refractivity contribution in [3.63, 3.8) is 0 Å². The van der Waals surface area contributed by atoms with Crippen LogP contribution in [-0.4, -0.2) is 21.4 Å². The number of alkyl halides is 3. The van der Waals surface area contributed by atoms with Gasteiger partial charge in [0.25, 0.3) is 11.5 Å². The van der Waals surface area contributed by atoms with Crippen molar-refractivity contribution in [1.82, 2.24) is 15.3 Å². The first-order valence-corrected chi connectivity index (χ1v) is 8.77. The van der Waals surface area contributed by atoms with E-state index >= 15 is 0 Å². The first kappa shape index (κ1) is 18.5. The van der Waals surface area contributed by atoms with Gasteiger partial charge in [-0.15, -0.1) is 0 Å². The number of halogens is 3. The van der Waals surface area contributed by atoms with Gasteiger partial charge in [-0.25, -0.2) is 4.98 Å². The number of rotatable bonds is 5. The molecule has 0 radical (unpaired) electrons. The molecular formula is C17H16F3N3O2S. The minimum atomic E-state index is -4.34. The molecule has 5 nitrogen and oxygen atoms in total. The van der Waals surface area contributed by atoms with Crippen LogP contribution >= 0.6 is 11.8 Å². The zero-order chi connectivity index (χ0) is 18.9. The van der Waals surface area contributed by atoms with Gasteiger partial charge in [-0.1, -0.05) is 12.1 Å². The number of aryl methyl sites for hydroxylation is 1. The fraction of sp³-hybridized carbons (Fsp3) is 0.353. The Balaban J connectivity index is 1.77. The van der Waals surface area contributed by atoms with E-state index in [1.807, 2.05) is 0 Å². The molecule has 2 N–H and O–H groups in total. The van der Waals surface area contributed by atoms with Gasteiger partial charge in [-0.2, -0.15) is 13.2 Å². The smallest absolute Gasteiger partial charge is 0.344 e. The number of carbonyl (C=O) groups excluding carboxylic acids is 1. The fourth-order valence-corrected chi connectivity index (χ4v) is 3.23. The number of thioether (sulfide) groups is 1. The Hall–Kier alpha value is -2.29. The number of benzene rings is 1. The molecule has 0 saturated heterocycles. The number of aromatic amines is 1. The average Bonchev–Trinajstić information content (AvgIpc) is 3.35. The van der Waals surface area contributed by atoms with E-state index in [1.54, 1.807) is 19.1 Å². The summed E-state index contributed by atoms with van der Waals surface area (Å²) in [6.45, 7) is 1.58. The molecule has 26 heavy (non-hydrogen) atoms. The van der Waals surface area contributed by atoms with Crippen molar-refractivity contribution in [2.45, 2.75) is 36.2 Å². The maximum atomic E-state index is 12.4. The first-order chi connectivity index (χ1) is 12.2. The molecule has 1 saturated carbocycles. The molecule has 1 aliphatic rings. The zero-order valence-corrected chi connectivity index (χ0v) is 14.6. The summed E-state index contributed by atoms with van der Waals surface area (Å²) in [6.07, 6.45) is 1.84. The molecule has 1 heterocycles. The summed E-state index contributed by atoms with van der Waals surface area (Å²) in [5, 5.41) is 2.85. The third-order valence-electron chi connectivity index (χ3n) is 3.95. The number of amides is 1. The second-order valence-corrected chi connectivity index (χ2v) is 7.26. The molecule has 1 amide bonds. The Bertz CT molecular complexity index is 861. The number of H-pyrrole nitrogens is 1. The quantitative estimate of drug-likeness (QED) is 0.774. The lowest BCUT2D eigenvalue weighted by molar-refractivity contribution is -0.0328. The summed E-state index contributed by atoms with van der Waals surface area (Å²) in [4.78, 5) is 30.5. The van der Waals surface area contributed by atoms with Crippen LogP contribution in [0, 0.1) is 12.8 Å². The normalized spacial score (nSPS) is 15.5. The van der Waals surface area contributed by atoms with Gasteiger partial charge < -0.3 is 10.3 Å². The Kier molecular flexibility index (Phi) is 5.08. The van der Waals surface area contributed by atoms with E-state index in [2.05, 4.69) is 15.3 Å². The van der Waals surface area contributed by atoms with Crippen LogP contribution in [0.25, 0.3) is 0 Å². The summed E-state index contributed by atoms with van der Waals surface area (Å²) in [7, 11) is 0. The fourth-order valence-electron chi connectivity index (χ4n) is 2.69. The Morgan fingerprint density at radius 1 is 1.31 bits per heavy atom. The summed E-state index contributed by atoms with van der Waals surface area (Å²) in [5.41, 5.74) is -4.01. The highest BCUT2D eigenvalue weighted by Crippen LogP contribution is 2.42. The van der Waals surface area contributed by atoms with Crippen LogP contribution < -0.4 is 10.9 Å². The second-order valence-electron chi connectivity index (χ2n) is 6.12. The third kappa shape index (κ3) is 4.87. The first-order valence-electron chi connectivity index (χ1n) is 7.96. The lowest BCUT2D eigenvalue weighted by atomic mass is 10.0. The molecule has 1 atom stereocenters. The Morgan fingerprint density at radius 2 is 1.96 bits per heavy atom. The van der Waals surface area contributed by atoms with Crippen molar-refractivity contribution < 1.29 is 18.0 Å². The molecule has 1 aromatic carbocycles. The van der Waals surface area contributed by atoms with Crippen LogP contribution in [0.15, 0.2) is 40.0 Å². The van der Waals surface area contributed by atoms with E-state index in [4.69, 9.17) is 0 Å². The zero-order valence-electron chi connectivity index (χ0n) is 13.8. The summed E-state index contributed by atoms with van der Waals surface area (Å²) < 4.78 is 37.3. The van der Waals surface area contributed by atoms with E-state index < -0.39 is 17.0 Å². The van der Waals surface area contributed by atoms with Crippen LogP contribution in [0.1, 0.15) is 40.8 Å². The van der Waals surface area contributed by atoms with Gasteiger partial charge in [0.15, 0.2) is 0 Å². The van der Waals surface area contributed by atoms with Crippen molar-refractivity contribution >= 4 is 17.7 Å². The molecule has 9 heteroatoms.